The Morgan fingerprint density at radius 2 is 1.88 bits per heavy atom. The number of hydrogen-bond donors (Lipinski definition) is 2. The Bertz CT molecular complexity index is 702. The highest BCUT2D eigenvalue weighted by Crippen LogP contribution is 2.18. The van der Waals surface area contributed by atoms with E-state index in [1.54, 1.807) is 36.0 Å². The minimum atomic E-state index is -0.287. The molecule has 25 heavy (non-hydrogen) atoms. The summed E-state index contributed by atoms with van der Waals surface area (Å²) in [6.45, 7) is 4.45. The minimum Gasteiger partial charge on any atom is -0.494 e. The van der Waals surface area contributed by atoms with Gasteiger partial charge in [0.15, 0.2) is 5.96 Å². The van der Waals surface area contributed by atoms with Crippen molar-refractivity contribution in [2.75, 3.05) is 6.61 Å². The minimum absolute atomic E-state index is 0.0548. The van der Waals surface area contributed by atoms with Gasteiger partial charge in [-0.3, -0.25) is 10.1 Å². The molecule has 0 aromatic heterocycles. The van der Waals surface area contributed by atoms with Gasteiger partial charge >= 0.3 is 0 Å². The molecule has 5 nitrogen and oxygen atoms in total. The summed E-state index contributed by atoms with van der Waals surface area (Å²) in [6, 6.07) is 17.0. The molecule has 0 fully saturated rings. The Morgan fingerprint density at radius 1 is 1.20 bits per heavy atom. The maximum absolute atomic E-state index is 12.2. The van der Waals surface area contributed by atoms with Crippen LogP contribution in [0, 0.1) is 0 Å². The molecule has 0 aliphatic heterocycles. The van der Waals surface area contributed by atoms with Crippen molar-refractivity contribution in [1.82, 2.24) is 5.32 Å². The molecule has 1 unspecified atom stereocenters. The zero-order valence-electron chi connectivity index (χ0n) is 14.4. The summed E-state index contributed by atoms with van der Waals surface area (Å²) in [7, 11) is 0. The normalized spacial score (nSPS) is 12.5. The van der Waals surface area contributed by atoms with E-state index in [0.717, 1.165) is 11.5 Å². The molecule has 0 aliphatic rings. The summed E-state index contributed by atoms with van der Waals surface area (Å²) in [5.41, 5.74) is 7.57. The quantitative estimate of drug-likeness (QED) is 0.588. The van der Waals surface area contributed by atoms with E-state index in [1.807, 2.05) is 32.0 Å². The molecule has 1 atom stereocenters. The van der Waals surface area contributed by atoms with E-state index in [-0.39, 0.29) is 17.2 Å². The monoisotopic (exact) mass is 357 g/mol. The first kappa shape index (κ1) is 18.9. The van der Waals surface area contributed by atoms with Gasteiger partial charge in [0.1, 0.15) is 5.75 Å². The molecule has 3 N–H and O–H groups in total. The lowest BCUT2D eigenvalue weighted by Crippen LogP contribution is -2.37. The number of thioether (sulfide) groups is 1. The van der Waals surface area contributed by atoms with Crippen molar-refractivity contribution in [2.24, 2.45) is 10.7 Å². The van der Waals surface area contributed by atoms with Crippen LogP contribution in [0.5, 0.6) is 5.75 Å². The fourth-order valence-corrected chi connectivity index (χ4v) is 2.93. The van der Waals surface area contributed by atoms with E-state index in [2.05, 4.69) is 22.4 Å². The van der Waals surface area contributed by atoms with Gasteiger partial charge in [-0.05, 0) is 43.7 Å². The number of guanidine groups is 1. The van der Waals surface area contributed by atoms with E-state index >= 15 is 0 Å². The van der Waals surface area contributed by atoms with Crippen LogP contribution in [-0.2, 0) is 5.75 Å². The van der Waals surface area contributed by atoms with Crippen molar-refractivity contribution in [1.29, 1.82) is 0 Å². The van der Waals surface area contributed by atoms with E-state index in [0.29, 0.717) is 12.2 Å². The summed E-state index contributed by atoms with van der Waals surface area (Å²) in [5, 5.41) is 2.56. The third-order valence-corrected chi connectivity index (χ3v) is 4.41. The summed E-state index contributed by atoms with van der Waals surface area (Å²) < 4.78 is 5.35. The van der Waals surface area contributed by atoms with Gasteiger partial charge in [-0.15, -0.1) is 11.8 Å². The number of carbonyl (C=O) groups is 1. The number of rotatable bonds is 7. The Hall–Kier alpha value is -2.47. The molecule has 2 aromatic rings. The second kappa shape index (κ2) is 9.74. The number of carbonyl (C=O) groups excluding carboxylic acids is 1. The first-order valence-corrected chi connectivity index (χ1v) is 9.16. The van der Waals surface area contributed by atoms with E-state index in [4.69, 9.17) is 10.5 Å². The predicted octanol–water partition coefficient (Wildman–Crippen LogP) is 3.41. The molecule has 0 saturated carbocycles. The Balaban J connectivity index is 1.85. The average Bonchev–Trinajstić information content (AvgIpc) is 2.61. The Morgan fingerprint density at radius 3 is 2.52 bits per heavy atom. The van der Waals surface area contributed by atoms with Gasteiger partial charge in [-0.1, -0.05) is 30.3 Å². The fraction of sp³-hybridized carbons (Fsp3) is 0.263. The second-order valence-electron chi connectivity index (χ2n) is 5.32. The zero-order valence-corrected chi connectivity index (χ0v) is 15.3. The maximum Gasteiger partial charge on any atom is 0.257 e. The van der Waals surface area contributed by atoms with Gasteiger partial charge < -0.3 is 10.5 Å². The number of nitrogens with zero attached hydrogens (tertiary/aromatic N) is 1. The van der Waals surface area contributed by atoms with Crippen LogP contribution >= 0.6 is 11.8 Å². The highest BCUT2D eigenvalue weighted by molar-refractivity contribution is 7.99. The topological polar surface area (TPSA) is 76.7 Å². The summed E-state index contributed by atoms with van der Waals surface area (Å²) in [6.07, 6.45) is 0. The predicted molar refractivity (Wildman–Crippen MR) is 104 cm³/mol. The van der Waals surface area contributed by atoms with Crippen molar-refractivity contribution >= 4 is 23.6 Å². The molecule has 0 aliphatic carbocycles. The molecule has 132 valence electrons. The zero-order chi connectivity index (χ0) is 18.1. The van der Waals surface area contributed by atoms with Gasteiger partial charge in [0.05, 0.1) is 12.0 Å². The molecule has 6 heteroatoms. The molecule has 0 saturated heterocycles. The summed E-state index contributed by atoms with van der Waals surface area (Å²) in [5.74, 6) is 1.40. The number of amides is 1. The van der Waals surface area contributed by atoms with Gasteiger partial charge in [-0.2, -0.15) is 0 Å². The molecule has 2 rings (SSSR count). The highest BCUT2D eigenvalue weighted by atomic mass is 32.2. The lowest BCUT2D eigenvalue weighted by Gasteiger charge is -2.10. The molecular weight excluding hydrogens is 334 g/mol. The van der Waals surface area contributed by atoms with Crippen LogP contribution in [0.25, 0.3) is 0 Å². The number of aliphatic imine (C=N–C) groups is 1. The van der Waals surface area contributed by atoms with Crippen LogP contribution in [0.2, 0.25) is 0 Å². The summed E-state index contributed by atoms with van der Waals surface area (Å²) in [4.78, 5) is 16.5. The number of nitrogens with one attached hydrogen (secondary N) is 1. The number of nitrogens with two attached hydrogens (primary N) is 1. The highest BCUT2D eigenvalue weighted by Gasteiger charge is 2.08. The molecule has 0 bridgehead atoms. The van der Waals surface area contributed by atoms with Crippen LogP contribution in [0.1, 0.15) is 29.8 Å². The van der Waals surface area contributed by atoms with Crippen LogP contribution in [0.3, 0.4) is 0 Å². The second-order valence-corrected chi connectivity index (χ2v) is 6.63. The first-order valence-electron chi connectivity index (χ1n) is 8.11. The lowest BCUT2D eigenvalue weighted by atomic mass is 10.2. The van der Waals surface area contributed by atoms with E-state index in [9.17, 15) is 4.79 Å². The Labute approximate surface area is 152 Å². The van der Waals surface area contributed by atoms with E-state index < -0.39 is 0 Å². The van der Waals surface area contributed by atoms with Crippen LogP contribution in [-0.4, -0.2) is 23.8 Å². The number of benzene rings is 2. The first-order chi connectivity index (χ1) is 12.1. The SMILES string of the molecule is CCOc1ccc(C(=O)N/C(N)=N\C(C)SCc2ccccc2)cc1. The van der Waals surface area contributed by atoms with Crippen molar-refractivity contribution in [3.8, 4) is 5.75 Å². The third-order valence-electron chi connectivity index (χ3n) is 3.32. The fourth-order valence-electron chi connectivity index (χ4n) is 2.11. The molecule has 0 heterocycles. The van der Waals surface area contributed by atoms with Crippen molar-refractivity contribution in [2.45, 2.75) is 25.0 Å². The Kier molecular flexibility index (Phi) is 7.35. The van der Waals surface area contributed by atoms with Crippen molar-refractivity contribution in [3.05, 3.63) is 65.7 Å². The van der Waals surface area contributed by atoms with Crippen LogP contribution in [0.15, 0.2) is 59.6 Å². The van der Waals surface area contributed by atoms with Crippen molar-refractivity contribution < 1.29 is 9.53 Å². The summed E-state index contributed by atoms with van der Waals surface area (Å²) >= 11 is 1.65. The number of ether oxygens (including phenoxy) is 1. The molecular formula is C19H23N3O2S. The van der Waals surface area contributed by atoms with Gasteiger partial charge in [0, 0.05) is 11.3 Å². The van der Waals surface area contributed by atoms with Gasteiger partial charge in [-0.25, -0.2) is 4.99 Å². The smallest absolute Gasteiger partial charge is 0.257 e. The van der Waals surface area contributed by atoms with Gasteiger partial charge in [0.2, 0.25) is 0 Å². The van der Waals surface area contributed by atoms with Crippen LogP contribution in [0.4, 0.5) is 0 Å². The molecule has 0 radical (unpaired) electrons. The third kappa shape index (κ3) is 6.51. The largest absolute Gasteiger partial charge is 0.494 e. The average molecular weight is 357 g/mol. The maximum atomic E-state index is 12.2. The van der Waals surface area contributed by atoms with E-state index in [1.165, 1.54) is 5.56 Å². The molecule has 2 aromatic carbocycles. The molecule has 0 spiro atoms. The standard InChI is InChI=1S/C19H23N3O2S/c1-3-24-17-11-9-16(10-12-17)18(23)22-19(20)21-14(2)25-13-15-7-5-4-6-8-15/h4-12,14H,3,13H2,1-2H3,(H3,20,21,22,23). The van der Waals surface area contributed by atoms with Crippen molar-refractivity contribution in [3.63, 3.8) is 0 Å². The molecule has 1 amide bonds. The number of hydrogen-bond acceptors (Lipinski definition) is 4. The van der Waals surface area contributed by atoms with Crippen LogP contribution < -0.4 is 15.8 Å². The lowest BCUT2D eigenvalue weighted by molar-refractivity contribution is 0.0976. The van der Waals surface area contributed by atoms with Gasteiger partial charge in [0.25, 0.3) is 5.91 Å².